The topological polar surface area (TPSA) is 57.8 Å². The van der Waals surface area contributed by atoms with Crippen molar-refractivity contribution in [3.8, 4) is 0 Å². The van der Waals surface area contributed by atoms with E-state index in [0.29, 0.717) is 18.0 Å². The average molecular weight is 278 g/mol. The van der Waals surface area contributed by atoms with Crippen molar-refractivity contribution in [2.45, 2.75) is 19.8 Å². The summed E-state index contributed by atoms with van der Waals surface area (Å²) in [7, 11) is 0. The standard InChI is InChI=1S/C14H16ClN3O/c1-10-17-9-13(18-10)5-6-16-14(19)8-11-3-2-4-12(15)7-11/h2-4,7,9H,5-6,8H2,1H3,(H,16,19)(H,17,18). The smallest absolute Gasteiger partial charge is 0.224 e. The lowest BCUT2D eigenvalue weighted by Crippen LogP contribution is -2.27. The number of aromatic nitrogens is 2. The predicted molar refractivity (Wildman–Crippen MR) is 75.2 cm³/mol. The summed E-state index contributed by atoms with van der Waals surface area (Å²) in [5.41, 5.74) is 1.95. The molecule has 0 unspecified atom stereocenters. The molecule has 2 aromatic rings. The molecule has 2 rings (SSSR count). The molecule has 1 aromatic heterocycles. The van der Waals surface area contributed by atoms with Crippen LogP contribution in [0.1, 0.15) is 17.1 Å². The van der Waals surface area contributed by atoms with Crippen LogP contribution in [0.25, 0.3) is 0 Å². The number of rotatable bonds is 5. The van der Waals surface area contributed by atoms with Crippen molar-refractivity contribution < 1.29 is 4.79 Å². The van der Waals surface area contributed by atoms with E-state index in [9.17, 15) is 4.79 Å². The number of carbonyl (C=O) groups excluding carboxylic acids is 1. The van der Waals surface area contributed by atoms with Gasteiger partial charge in [-0.3, -0.25) is 4.79 Å². The van der Waals surface area contributed by atoms with E-state index in [1.165, 1.54) is 0 Å². The Balaban J connectivity index is 1.76. The first-order chi connectivity index (χ1) is 9.13. The Hall–Kier alpha value is -1.81. The highest BCUT2D eigenvalue weighted by Gasteiger charge is 2.04. The molecule has 4 nitrogen and oxygen atoms in total. The number of nitrogens with zero attached hydrogens (tertiary/aromatic N) is 1. The van der Waals surface area contributed by atoms with Crippen LogP contribution in [-0.4, -0.2) is 22.4 Å². The van der Waals surface area contributed by atoms with Crippen LogP contribution in [0.2, 0.25) is 5.02 Å². The zero-order valence-corrected chi connectivity index (χ0v) is 11.5. The van der Waals surface area contributed by atoms with Crippen molar-refractivity contribution in [3.05, 3.63) is 52.6 Å². The minimum absolute atomic E-state index is 0.00139. The number of H-pyrrole nitrogens is 1. The molecule has 100 valence electrons. The zero-order valence-electron chi connectivity index (χ0n) is 10.7. The van der Waals surface area contributed by atoms with Gasteiger partial charge in [0, 0.05) is 29.9 Å². The molecule has 0 spiro atoms. The fourth-order valence-electron chi connectivity index (χ4n) is 1.83. The highest BCUT2D eigenvalue weighted by atomic mass is 35.5. The number of halogens is 1. The van der Waals surface area contributed by atoms with E-state index in [4.69, 9.17) is 11.6 Å². The molecule has 1 heterocycles. The second-order valence-electron chi connectivity index (χ2n) is 4.40. The Morgan fingerprint density at radius 1 is 1.47 bits per heavy atom. The van der Waals surface area contributed by atoms with Crippen LogP contribution in [0.4, 0.5) is 0 Å². The van der Waals surface area contributed by atoms with E-state index < -0.39 is 0 Å². The van der Waals surface area contributed by atoms with Crippen LogP contribution in [0.15, 0.2) is 30.5 Å². The van der Waals surface area contributed by atoms with E-state index in [1.54, 1.807) is 18.3 Å². The summed E-state index contributed by atoms with van der Waals surface area (Å²) in [5, 5.41) is 3.53. The molecule has 0 saturated carbocycles. The monoisotopic (exact) mass is 277 g/mol. The number of hydrogen-bond acceptors (Lipinski definition) is 2. The Morgan fingerprint density at radius 2 is 2.32 bits per heavy atom. The number of amides is 1. The molecular weight excluding hydrogens is 262 g/mol. The Kier molecular flexibility index (Phi) is 4.58. The molecule has 0 aliphatic heterocycles. The SMILES string of the molecule is Cc1ncc(CCNC(=O)Cc2cccc(Cl)c2)[nH]1. The van der Waals surface area contributed by atoms with Gasteiger partial charge in [-0.1, -0.05) is 23.7 Å². The van der Waals surface area contributed by atoms with Gasteiger partial charge < -0.3 is 10.3 Å². The Bertz CT molecular complexity index is 565. The number of hydrogen-bond donors (Lipinski definition) is 2. The van der Waals surface area contributed by atoms with Gasteiger partial charge in [0.1, 0.15) is 5.82 Å². The normalized spacial score (nSPS) is 10.4. The first-order valence-electron chi connectivity index (χ1n) is 6.15. The molecule has 0 aliphatic rings. The van der Waals surface area contributed by atoms with Gasteiger partial charge in [-0.15, -0.1) is 0 Å². The highest BCUT2D eigenvalue weighted by Crippen LogP contribution is 2.10. The van der Waals surface area contributed by atoms with Crippen LogP contribution in [-0.2, 0) is 17.6 Å². The van der Waals surface area contributed by atoms with Gasteiger partial charge in [0.05, 0.1) is 6.42 Å². The van der Waals surface area contributed by atoms with Crippen LogP contribution < -0.4 is 5.32 Å². The molecular formula is C14H16ClN3O. The van der Waals surface area contributed by atoms with E-state index >= 15 is 0 Å². The van der Waals surface area contributed by atoms with E-state index in [1.807, 2.05) is 19.1 Å². The number of aromatic amines is 1. The maximum Gasteiger partial charge on any atom is 0.224 e. The summed E-state index contributed by atoms with van der Waals surface area (Å²) in [4.78, 5) is 19.0. The van der Waals surface area contributed by atoms with Crippen molar-refractivity contribution in [2.24, 2.45) is 0 Å². The number of imidazole rings is 1. The maximum atomic E-state index is 11.7. The Morgan fingerprint density at radius 3 is 3.00 bits per heavy atom. The van der Waals surface area contributed by atoms with Crippen LogP contribution >= 0.6 is 11.6 Å². The van der Waals surface area contributed by atoms with Crippen LogP contribution in [0.5, 0.6) is 0 Å². The first kappa shape index (κ1) is 13.6. The zero-order chi connectivity index (χ0) is 13.7. The van der Waals surface area contributed by atoms with Crippen molar-refractivity contribution in [1.29, 1.82) is 0 Å². The van der Waals surface area contributed by atoms with Gasteiger partial charge in [0.25, 0.3) is 0 Å². The van der Waals surface area contributed by atoms with Crippen LogP contribution in [0.3, 0.4) is 0 Å². The summed E-state index contributed by atoms with van der Waals surface area (Å²) in [6, 6.07) is 7.34. The summed E-state index contributed by atoms with van der Waals surface area (Å²) in [6.45, 7) is 2.50. The van der Waals surface area contributed by atoms with Gasteiger partial charge in [-0.05, 0) is 24.6 Å². The van der Waals surface area contributed by atoms with Gasteiger partial charge in [-0.25, -0.2) is 4.98 Å². The fraction of sp³-hybridized carbons (Fsp3) is 0.286. The molecule has 0 fully saturated rings. The molecule has 0 saturated heterocycles. The second-order valence-corrected chi connectivity index (χ2v) is 4.84. The Labute approximate surface area is 117 Å². The van der Waals surface area contributed by atoms with Crippen molar-refractivity contribution in [2.75, 3.05) is 6.54 Å². The lowest BCUT2D eigenvalue weighted by atomic mass is 10.1. The minimum atomic E-state index is -0.00139. The summed E-state index contributed by atoms with van der Waals surface area (Å²) < 4.78 is 0. The quantitative estimate of drug-likeness (QED) is 0.881. The van der Waals surface area contributed by atoms with E-state index in [0.717, 1.165) is 23.5 Å². The van der Waals surface area contributed by atoms with Crippen molar-refractivity contribution in [3.63, 3.8) is 0 Å². The van der Waals surface area contributed by atoms with Crippen LogP contribution in [0, 0.1) is 6.92 Å². The third-order valence-corrected chi connectivity index (χ3v) is 2.96. The number of nitrogens with one attached hydrogen (secondary N) is 2. The van der Waals surface area contributed by atoms with Crippen molar-refractivity contribution in [1.82, 2.24) is 15.3 Å². The molecule has 1 aromatic carbocycles. The molecule has 0 radical (unpaired) electrons. The first-order valence-corrected chi connectivity index (χ1v) is 6.53. The highest BCUT2D eigenvalue weighted by molar-refractivity contribution is 6.30. The van der Waals surface area contributed by atoms with Gasteiger partial charge in [0.2, 0.25) is 5.91 Å². The van der Waals surface area contributed by atoms with Gasteiger partial charge in [0.15, 0.2) is 0 Å². The molecule has 0 aliphatic carbocycles. The van der Waals surface area contributed by atoms with Crippen molar-refractivity contribution >= 4 is 17.5 Å². The fourth-order valence-corrected chi connectivity index (χ4v) is 2.04. The van der Waals surface area contributed by atoms with E-state index in [-0.39, 0.29) is 5.91 Å². The third kappa shape index (κ3) is 4.41. The number of benzene rings is 1. The number of aryl methyl sites for hydroxylation is 1. The maximum absolute atomic E-state index is 11.7. The summed E-state index contributed by atoms with van der Waals surface area (Å²) in [6.07, 6.45) is 2.89. The minimum Gasteiger partial charge on any atom is -0.355 e. The molecule has 2 N–H and O–H groups in total. The number of carbonyl (C=O) groups is 1. The molecule has 0 bridgehead atoms. The average Bonchev–Trinajstić information content (AvgIpc) is 2.75. The van der Waals surface area contributed by atoms with Gasteiger partial charge in [-0.2, -0.15) is 0 Å². The predicted octanol–water partition coefficient (Wildman–Crippen LogP) is 2.27. The summed E-state index contributed by atoms with van der Waals surface area (Å²) >= 11 is 5.87. The molecule has 0 atom stereocenters. The van der Waals surface area contributed by atoms with E-state index in [2.05, 4.69) is 15.3 Å². The molecule has 19 heavy (non-hydrogen) atoms. The summed E-state index contributed by atoms with van der Waals surface area (Å²) in [5.74, 6) is 0.888. The second kappa shape index (κ2) is 6.38. The molecule has 5 heteroatoms. The largest absolute Gasteiger partial charge is 0.355 e. The lowest BCUT2D eigenvalue weighted by Gasteiger charge is -2.04. The lowest BCUT2D eigenvalue weighted by molar-refractivity contribution is -0.120. The van der Waals surface area contributed by atoms with Gasteiger partial charge >= 0.3 is 0 Å². The molecule has 1 amide bonds. The third-order valence-electron chi connectivity index (χ3n) is 2.73.